The molecule has 0 fully saturated rings. The summed E-state index contributed by atoms with van der Waals surface area (Å²) in [6.45, 7) is 2.11. The first-order valence-electron chi connectivity index (χ1n) is 12.3. The molecule has 0 saturated heterocycles. The molecule has 5 rings (SSSR count). The quantitative estimate of drug-likeness (QED) is 0.214. The Kier molecular flexibility index (Phi) is 7.68. The van der Waals surface area contributed by atoms with E-state index in [-0.39, 0.29) is 23.0 Å². The summed E-state index contributed by atoms with van der Waals surface area (Å²) in [6, 6.07) is 28.2. The molecular formula is C31H25Cl2N3O3. The SMILES string of the molecule is COc1ccccc1-n1c(C(C)N(Cc2ccccc2)C(=O)c2ccc(Cl)cc2Cl)nc2ccccc2c1=O. The minimum atomic E-state index is -0.647. The van der Waals surface area contributed by atoms with Gasteiger partial charge in [-0.2, -0.15) is 0 Å². The van der Waals surface area contributed by atoms with Gasteiger partial charge < -0.3 is 9.64 Å². The first-order chi connectivity index (χ1) is 18.9. The number of carbonyl (C=O) groups is 1. The summed E-state index contributed by atoms with van der Waals surface area (Å²) in [6.07, 6.45) is 0. The van der Waals surface area contributed by atoms with Crippen molar-refractivity contribution in [2.75, 3.05) is 7.11 Å². The van der Waals surface area contributed by atoms with E-state index in [0.717, 1.165) is 5.56 Å². The molecule has 0 bridgehead atoms. The van der Waals surface area contributed by atoms with Crippen LogP contribution in [0.15, 0.2) is 102 Å². The van der Waals surface area contributed by atoms with Gasteiger partial charge in [-0.25, -0.2) is 4.98 Å². The first kappa shape index (κ1) is 26.5. The molecule has 1 atom stereocenters. The average Bonchev–Trinajstić information content (AvgIpc) is 2.96. The Morgan fingerprint density at radius 3 is 2.38 bits per heavy atom. The van der Waals surface area contributed by atoms with Crippen LogP contribution >= 0.6 is 23.2 Å². The van der Waals surface area contributed by atoms with Crippen LogP contribution in [0.4, 0.5) is 0 Å². The van der Waals surface area contributed by atoms with Crippen molar-refractivity contribution in [3.63, 3.8) is 0 Å². The standard InChI is InChI=1S/C31H25Cl2N3O3/c1-20(35(19-21-10-4-3-5-11-21)30(37)23-17-16-22(32)18-25(23)33)29-34-26-13-7-6-12-24(26)31(38)36(29)27-14-8-9-15-28(27)39-2/h3-18,20H,19H2,1-2H3. The molecule has 0 saturated carbocycles. The van der Waals surface area contributed by atoms with Crippen LogP contribution in [0, 0.1) is 0 Å². The second-order valence-electron chi connectivity index (χ2n) is 9.02. The van der Waals surface area contributed by atoms with Crippen LogP contribution in [0.25, 0.3) is 16.6 Å². The summed E-state index contributed by atoms with van der Waals surface area (Å²) in [5, 5.41) is 1.13. The zero-order valence-electron chi connectivity index (χ0n) is 21.3. The van der Waals surface area contributed by atoms with E-state index in [9.17, 15) is 9.59 Å². The number of amides is 1. The Labute approximate surface area is 236 Å². The van der Waals surface area contributed by atoms with Crippen LogP contribution in [0.2, 0.25) is 10.0 Å². The van der Waals surface area contributed by atoms with Crippen molar-refractivity contribution in [2.24, 2.45) is 0 Å². The second kappa shape index (κ2) is 11.3. The summed E-state index contributed by atoms with van der Waals surface area (Å²) < 4.78 is 7.13. The van der Waals surface area contributed by atoms with Crippen molar-refractivity contribution in [3.8, 4) is 11.4 Å². The Balaban J connectivity index is 1.74. The van der Waals surface area contributed by atoms with E-state index in [1.165, 1.54) is 4.57 Å². The minimum Gasteiger partial charge on any atom is -0.495 e. The van der Waals surface area contributed by atoms with Crippen LogP contribution in [-0.4, -0.2) is 27.5 Å². The van der Waals surface area contributed by atoms with E-state index in [1.807, 2.05) is 55.5 Å². The van der Waals surface area contributed by atoms with Crippen molar-refractivity contribution in [3.05, 3.63) is 134 Å². The highest BCUT2D eigenvalue weighted by molar-refractivity contribution is 6.36. The maximum absolute atomic E-state index is 14.1. The fraction of sp³-hybridized carbons (Fsp3) is 0.129. The Morgan fingerprint density at radius 2 is 1.64 bits per heavy atom. The number of hydrogen-bond donors (Lipinski definition) is 0. The minimum absolute atomic E-state index is 0.242. The number of aromatic nitrogens is 2. The maximum atomic E-state index is 14.1. The molecule has 5 aromatic rings. The third-order valence-electron chi connectivity index (χ3n) is 6.59. The molecule has 1 amide bonds. The molecule has 1 unspecified atom stereocenters. The van der Waals surface area contributed by atoms with Crippen LogP contribution < -0.4 is 10.3 Å². The Morgan fingerprint density at radius 1 is 0.949 bits per heavy atom. The lowest BCUT2D eigenvalue weighted by Gasteiger charge is -2.31. The number of hydrogen-bond acceptors (Lipinski definition) is 4. The van der Waals surface area contributed by atoms with Gasteiger partial charge in [0, 0.05) is 11.6 Å². The fourth-order valence-corrected chi connectivity index (χ4v) is 5.09. The monoisotopic (exact) mass is 557 g/mol. The van der Waals surface area contributed by atoms with Gasteiger partial charge in [0.2, 0.25) is 0 Å². The van der Waals surface area contributed by atoms with Gasteiger partial charge in [-0.15, -0.1) is 0 Å². The molecule has 39 heavy (non-hydrogen) atoms. The molecule has 0 spiro atoms. The van der Waals surface area contributed by atoms with Gasteiger partial charge in [0.15, 0.2) is 0 Å². The van der Waals surface area contributed by atoms with Gasteiger partial charge in [0.25, 0.3) is 11.5 Å². The number of carbonyl (C=O) groups excluding carboxylic acids is 1. The highest BCUT2D eigenvalue weighted by atomic mass is 35.5. The van der Waals surface area contributed by atoms with E-state index in [1.54, 1.807) is 60.5 Å². The van der Waals surface area contributed by atoms with E-state index in [0.29, 0.717) is 38.8 Å². The van der Waals surface area contributed by atoms with Gasteiger partial charge in [-0.3, -0.25) is 14.2 Å². The van der Waals surface area contributed by atoms with E-state index < -0.39 is 6.04 Å². The number of ether oxygens (including phenoxy) is 1. The third kappa shape index (κ3) is 5.26. The number of halogens is 2. The highest BCUT2D eigenvalue weighted by Crippen LogP contribution is 2.31. The lowest BCUT2D eigenvalue weighted by atomic mass is 10.1. The summed E-state index contributed by atoms with van der Waals surface area (Å²) in [7, 11) is 1.55. The molecule has 0 radical (unpaired) electrons. The van der Waals surface area contributed by atoms with Gasteiger partial charge >= 0.3 is 0 Å². The van der Waals surface area contributed by atoms with Crippen LogP contribution in [-0.2, 0) is 6.54 Å². The molecule has 0 N–H and O–H groups in total. The molecule has 196 valence electrons. The number of rotatable bonds is 7. The molecule has 1 heterocycles. The lowest BCUT2D eigenvalue weighted by molar-refractivity contribution is 0.0664. The van der Waals surface area contributed by atoms with Crippen molar-refractivity contribution < 1.29 is 9.53 Å². The number of fused-ring (bicyclic) bond motifs is 1. The molecule has 0 aliphatic heterocycles. The lowest BCUT2D eigenvalue weighted by Crippen LogP contribution is -2.37. The summed E-state index contributed by atoms with van der Waals surface area (Å²) >= 11 is 12.6. The zero-order valence-corrected chi connectivity index (χ0v) is 22.9. The van der Waals surface area contributed by atoms with Crippen LogP contribution in [0.1, 0.15) is 34.7 Å². The summed E-state index contributed by atoms with van der Waals surface area (Å²) in [4.78, 5) is 34.6. The maximum Gasteiger partial charge on any atom is 0.266 e. The van der Waals surface area contributed by atoms with Crippen LogP contribution in [0.3, 0.4) is 0 Å². The smallest absolute Gasteiger partial charge is 0.266 e. The van der Waals surface area contributed by atoms with E-state index in [4.69, 9.17) is 32.9 Å². The number of nitrogens with zero attached hydrogens (tertiary/aromatic N) is 3. The Hall–Kier alpha value is -4.13. The molecule has 8 heteroatoms. The van der Waals surface area contributed by atoms with Gasteiger partial charge in [0.05, 0.1) is 40.3 Å². The molecule has 1 aromatic heterocycles. The average molecular weight is 558 g/mol. The molecule has 6 nitrogen and oxygen atoms in total. The van der Waals surface area contributed by atoms with Gasteiger partial charge in [-0.1, -0.05) is 77.8 Å². The second-order valence-corrected chi connectivity index (χ2v) is 9.86. The van der Waals surface area contributed by atoms with Crippen molar-refractivity contribution >= 4 is 40.0 Å². The van der Waals surface area contributed by atoms with Gasteiger partial charge in [-0.05, 0) is 55.0 Å². The van der Waals surface area contributed by atoms with E-state index >= 15 is 0 Å². The summed E-state index contributed by atoms with van der Waals surface area (Å²) in [5.74, 6) is 0.575. The first-order valence-corrected chi connectivity index (χ1v) is 13.1. The van der Waals surface area contributed by atoms with Crippen molar-refractivity contribution in [1.82, 2.24) is 14.5 Å². The normalized spacial score (nSPS) is 11.8. The number of para-hydroxylation sites is 3. The highest BCUT2D eigenvalue weighted by Gasteiger charge is 2.29. The molecule has 0 aliphatic rings. The number of methoxy groups -OCH3 is 1. The van der Waals surface area contributed by atoms with Crippen molar-refractivity contribution in [2.45, 2.75) is 19.5 Å². The molecule has 4 aromatic carbocycles. The molecule has 0 aliphatic carbocycles. The topological polar surface area (TPSA) is 64.4 Å². The van der Waals surface area contributed by atoms with E-state index in [2.05, 4.69) is 0 Å². The summed E-state index contributed by atoms with van der Waals surface area (Å²) in [5.41, 5.74) is 2.02. The molecular weight excluding hydrogens is 533 g/mol. The fourth-order valence-electron chi connectivity index (χ4n) is 4.60. The van der Waals surface area contributed by atoms with Crippen LogP contribution in [0.5, 0.6) is 5.75 Å². The predicted molar refractivity (Wildman–Crippen MR) is 155 cm³/mol. The predicted octanol–water partition coefficient (Wildman–Crippen LogP) is 7.10. The largest absolute Gasteiger partial charge is 0.495 e. The zero-order chi connectivity index (χ0) is 27.5. The third-order valence-corrected chi connectivity index (χ3v) is 7.13. The van der Waals surface area contributed by atoms with Crippen molar-refractivity contribution in [1.29, 1.82) is 0 Å². The van der Waals surface area contributed by atoms with Gasteiger partial charge in [0.1, 0.15) is 11.6 Å². The number of benzene rings is 4. The Bertz CT molecular complexity index is 1720.